The highest BCUT2D eigenvalue weighted by atomic mass is 79.9. The second-order valence-electron chi connectivity index (χ2n) is 5.50. The third-order valence-electron chi connectivity index (χ3n) is 3.90. The van der Waals surface area contributed by atoms with Crippen molar-refractivity contribution in [1.82, 2.24) is 33.6 Å². The smallest absolute Gasteiger partial charge is 0.331 e. The molecule has 128 valence electrons. The van der Waals surface area contributed by atoms with Crippen molar-refractivity contribution < 1.29 is 0 Å². The van der Waals surface area contributed by atoms with Crippen molar-refractivity contribution in [2.75, 3.05) is 0 Å². The predicted octanol–water partition coefficient (Wildman–Crippen LogP) is 1.16. The summed E-state index contributed by atoms with van der Waals surface area (Å²) in [5.74, 6) is 0. The number of imidazole rings is 2. The molecule has 0 saturated heterocycles. The summed E-state index contributed by atoms with van der Waals surface area (Å²) in [4.78, 5) is 40.7. The minimum Gasteiger partial charge on any atom is -0.331 e. The first-order chi connectivity index (χ1) is 11.9. The monoisotopic (exact) mass is 421 g/mol. The fourth-order valence-corrected chi connectivity index (χ4v) is 3.73. The van der Waals surface area contributed by atoms with E-state index in [1.165, 1.54) is 23.4 Å². The van der Waals surface area contributed by atoms with Crippen LogP contribution in [0.5, 0.6) is 0 Å². The van der Waals surface area contributed by atoms with Gasteiger partial charge in [0.2, 0.25) is 0 Å². The molecule has 0 unspecified atom stereocenters. The molecule has 0 atom stereocenters. The number of nitrogens with zero attached hydrogens (tertiary/aromatic N) is 6. The predicted molar refractivity (Wildman–Crippen MR) is 96.9 cm³/mol. The van der Waals surface area contributed by atoms with Gasteiger partial charge in [-0.05, 0) is 33.8 Å². The average Bonchev–Trinajstić information content (AvgIpc) is 3.12. The number of halogens is 1. The lowest BCUT2D eigenvalue weighted by Crippen LogP contribution is -2.37. The first-order valence-electron chi connectivity index (χ1n) is 7.18. The van der Waals surface area contributed by atoms with Gasteiger partial charge in [0, 0.05) is 31.8 Å². The number of rotatable bonds is 2. The molecule has 25 heavy (non-hydrogen) atoms. The van der Waals surface area contributed by atoms with Gasteiger partial charge in [-0.3, -0.25) is 13.9 Å². The molecule has 4 heterocycles. The second-order valence-corrected chi connectivity index (χ2v) is 7.37. The Bertz CT molecular complexity index is 1270. The van der Waals surface area contributed by atoms with Crippen LogP contribution in [-0.4, -0.2) is 33.6 Å². The number of hydrogen-bond acceptors (Lipinski definition) is 6. The molecule has 4 rings (SSSR count). The van der Waals surface area contributed by atoms with E-state index in [1.54, 1.807) is 24.9 Å². The fraction of sp³-hybridized carbons (Fsp3) is 0.214. The van der Waals surface area contributed by atoms with E-state index in [4.69, 9.17) is 0 Å². The van der Waals surface area contributed by atoms with Crippen LogP contribution < -0.4 is 11.2 Å². The van der Waals surface area contributed by atoms with Crippen molar-refractivity contribution in [3.05, 3.63) is 37.6 Å². The van der Waals surface area contributed by atoms with Crippen molar-refractivity contribution in [3.63, 3.8) is 0 Å². The van der Waals surface area contributed by atoms with Crippen molar-refractivity contribution in [3.8, 4) is 0 Å². The minimum absolute atomic E-state index is 0.343. The first kappa shape index (κ1) is 16.1. The zero-order valence-corrected chi connectivity index (χ0v) is 15.8. The maximum absolute atomic E-state index is 12.4. The molecule has 0 fully saturated rings. The fourth-order valence-electron chi connectivity index (χ4n) is 2.58. The Morgan fingerprint density at radius 1 is 1.12 bits per heavy atom. The van der Waals surface area contributed by atoms with E-state index in [2.05, 4.69) is 35.9 Å². The minimum atomic E-state index is -0.412. The molecule has 0 aliphatic heterocycles. The summed E-state index contributed by atoms with van der Waals surface area (Å²) in [6.45, 7) is 0. The van der Waals surface area contributed by atoms with E-state index < -0.39 is 5.69 Å². The van der Waals surface area contributed by atoms with Crippen LogP contribution in [0.2, 0.25) is 0 Å². The Morgan fingerprint density at radius 3 is 2.64 bits per heavy atom. The summed E-state index contributed by atoms with van der Waals surface area (Å²) in [7, 11) is 4.78. The summed E-state index contributed by atoms with van der Waals surface area (Å²) in [5, 5.41) is 1.15. The van der Waals surface area contributed by atoms with Crippen molar-refractivity contribution in [2.45, 2.75) is 10.3 Å². The molecule has 0 saturated carbocycles. The van der Waals surface area contributed by atoms with Gasteiger partial charge in [0.15, 0.2) is 27.1 Å². The van der Waals surface area contributed by atoms with E-state index >= 15 is 0 Å². The highest BCUT2D eigenvalue weighted by molar-refractivity contribution is 9.10. The van der Waals surface area contributed by atoms with Gasteiger partial charge in [0.05, 0.1) is 5.52 Å². The summed E-state index contributed by atoms with van der Waals surface area (Å²) in [5.41, 5.74) is 1.30. The van der Waals surface area contributed by atoms with Gasteiger partial charge in [0.1, 0.15) is 0 Å². The van der Waals surface area contributed by atoms with Crippen LogP contribution in [0.4, 0.5) is 0 Å². The van der Waals surface area contributed by atoms with Gasteiger partial charge in [-0.2, -0.15) is 0 Å². The Kier molecular flexibility index (Phi) is 3.58. The first-order valence-corrected chi connectivity index (χ1v) is 8.79. The number of pyridine rings is 1. The lowest BCUT2D eigenvalue weighted by Gasteiger charge is -2.03. The SMILES string of the molecule is Cn1c(=O)c2c(nc(Sc3nc4ncc(Br)cc4[nH]3)n2C)n(C)c1=O. The van der Waals surface area contributed by atoms with Crippen LogP contribution in [0.1, 0.15) is 0 Å². The second kappa shape index (κ2) is 5.56. The summed E-state index contributed by atoms with van der Waals surface area (Å²) < 4.78 is 4.94. The molecule has 0 aliphatic carbocycles. The van der Waals surface area contributed by atoms with E-state index in [0.717, 1.165) is 14.6 Å². The third kappa shape index (κ3) is 2.42. The normalized spacial score (nSPS) is 11.7. The maximum Gasteiger partial charge on any atom is 0.332 e. The number of aromatic nitrogens is 7. The van der Waals surface area contributed by atoms with Crippen LogP contribution in [0.15, 0.2) is 36.6 Å². The molecule has 0 amide bonds. The van der Waals surface area contributed by atoms with Crippen molar-refractivity contribution in [2.24, 2.45) is 21.1 Å². The van der Waals surface area contributed by atoms with Gasteiger partial charge in [-0.1, -0.05) is 0 Å². The van der Waals surface area contributed by atoms with Crippen molar-refractivity contribution in [1.29, 1.82) is 0 Å². The van der Waals surface area contributed by atoms with E-state index in [-0.39, 0.29) is 5.56 Å². The quantitative estimate of drug-likeness (QED) is 0.520. The summed E-state index contributed by atoms with van der Waals surface area (Å²) >= 11 is 4.64. The van der Waals surface area contributed by atoms with Gasteiger partial charge in [-0.25, -0.2) is 19.7 Å². The van der Waals surface area contributed by atoms with E-state index in [9.17, 15) is 9.59 Å². The van der Waals surface area contributed by atoms with E-state index in [1.807, 2.05) is 6.07 Å². The average molecular weight is 422 g/mol. The summed E-state index contributed by atoms with van der Waals surface area (Å²) in [6.07, 6.45) is 1.67. The molecule has 9 nitrogen and oxygen atoms in total. The number of hydrogen-bond donors (Lipinski definition) is 1. The van der Waals surface area contributed by atoms with Gasteiger partial charge >= 0.3 is 5.69 Å². The molecule has 4 aromatic rings. The molecule has 0 spiro atoms. The molecular formula is C14H12BrN7O2S. The number of fused-ring (bicyclic) bond motifs is 2. The summed E-state index contributed by atoms with van der Waals surface area (Å²) in [6, 6.07) is 1.88. The van der Waals surface area contributed by atoms with E-state index in [0.29, 0.717) is 27.1 Å². The van der Waals surface area contributed by atoms with Crippen LogP contribution >= 0.6 is 27.7 Å². The Labute approximate surface area is 152 Å². The number of H-pyrrole nitrogens is 1. The zero-order valence-electron chi connectivity index (χ0n) is 13.4. The zero-order chi connectivity index (χ0) is 17.9. The van der Waals surface area contributed by atoms with Gasteiger partial charge < -0.3 is 9.55 Å². The number of nitrogens with one attached hydrogen (secondary N) is 1. The molecule has 1 N–H and O–H groups in total. The number of aromatic amines is 1. The lowest BCUT2D eigenvalue weighted by molar-refractivity contribution is 0.705. The standard InChI is InChI=1S/C14H12BrN7O2S/c1-20-8-10(21(2)14(24)22(3)11(8)23)19-13(20)25-12-17-7-4-6(15)5-16-9(7)18-12/h4-5H,1-3H3,(H,16,17,18). The van der Waals surface area contributed by atoms with Gasteiger partial charge in [0.25, 0.3) is 5.56 Å². The van der Waals surface area contributed by atoms with Crippen LogP contribution in [-0.2, 0) is 21.1 Å². The van der Waals surface area contributed by atoms with Crippen LogP contribution in [0.3, 0.4) is 0 Å². The van der Waals surface area contributed by atoms with Crippen LogP contribution in [0, 0.1) is 0 Å². The largest absolute Gasteiger partial charge is 0.332 e. The highest BCUT2D eigenvalue weighted by Gasteiger charge is 2.18. The molecule has 0 aliphatic rings. The van der Waals surface area contributed by atoms with Gasteiger partial charge in [-0.15, -0.1) is 0 Å². The van der Waals surface area contributed by atoms with Crippen molar-refractivity contribution >= 4 is 50.0 Å². The highest BCUT2D eigenvalue weighted by Crippen LogP contribution is 2.28. The maximum atomic E-state index is 12.4. The molecular weight excluding hydrogens is 410 g/mol. The molecule has 0 radical (unpaired) electrons. The van der Waals surface area contributed by atoms with Crippen LogP contribution in [0.25, 0.3) is 22.3 Å². The molecule has 11 heteroatoms. The Hall–Kier alpha value is -2.40. The number of aryl methyl sites for hydroxylation is 2. The Balaban J connectivity index is 1.88. The molecule has 0 aromatic carbocycles. The third-order valence-corrected chi connectivity index (χ3v) is 5.27. The lowest BCUT2D eigenvalue weighted by atomic mass is 10.4. The topological polar surface area (TPSA) is 103 Å². The molecule has 4 aromatic heterocycles. The Morgan fingerprint density at radius 2 is 1.88 bits per heavy atom. The molecule has 0 bridgehead atoms.